The molecular weight excluding hydrogens is 213 g/mol. The summed E-state index contributed by atoms with van der Waals surface area (Å²) in [5.41, 5.74) is 1.19. The van der Waals surface area contributed by atoms with Gasteiger partial charge in [0.2, 0.25) is 0 Å². The maximum Gasteiger partial charge on any atom is 0.123 e. The van der Waals surface area contributed by atoms with Gasteiger partial charge in [-0.2, -0.15) is 0 Å². The van der Waals surface area contributed by atoms with E-state index in [1.165, 1.54) is 43.4 Å². The lowest BCUT2D eigenvalue weighted by molar-refractivity contribution is 0.490. The molecule has 0 radical (unpaired) electrons. The fourth-order valence-corrected chi connectivity index (χ4v) is 1.92. The molecule has 0 saturated carbocycles. The van der Waals surface area contributed by atoms with Gasteiger partial charge in [-0.15, -0.1) is 0 Å². The molecule has 0 aromatic heterocycles. The predicted octanol–water partition coefficient (Wildman–Crippen LogP) is 3.93. The van der Waals surface area contributed by atoms with Gasteiger partial charge in [0.05, 0.1) is 0 Å². The van der Waals surface area contributed by atoms with Crippen LogP contribution >= 0.6 is 0 Å². The largest absolute Gasteiger partial charge is 0.314 e. The normalized spacial score (nSPS) is 12.6. The Bertz CT molecular complexity index is 294. The van der Waals surface area contributed by atoms with Gasteiger partial charge in [0.15, 0.2) is 0 Å². The highest BCUT2D eigenvalue weighted by Crippen LogP contribution is 2.05. The van der Waals surface area contributed by atoms with E-state index in [1.807, 2.05) is 12.1 Å². The summed E-state index contributed by atoms with van der Waals surface area (Å²) in [6.45, 7) is 5.44. The number of benzene rings is 1. The Kier molecular flexibility index (Phi) is 6.87. The molecular formula is C15H24FN. The molecule has 1 nitrogen and oxygen atoms in total. The maximum atomic E-state index is 12.7. The van der Waals surface area contributed by atoms with E-state index in [4.69, 9.17) is 0 Å². The second-order valence-corrected chi connectivity index (χ2v) is 4.73. The smallest absolute Gasteiger partial charge is 0.123 e. The van der Waals surface area contributed by atoms with Crippen LogP contribution < -0.4 is 5.32 Å². The van der Waals surface area contributed by atoms with Crippen molar-refractivity contribution in [2.24, 2.45) is 0 Å². The highest BCUT2D eigenvalue weighted by Gasteiger charge is 2.00. The molecule has 1 aromatic carbocycles. The number of nitrogens with one attached hydrogen (secondary N) is 1. The molecule has 17 heavy (non-hydrogen) atoms. The van der Waals surface area contributed by atoms with Crippen LogP contribution in [-0.2, 0) is 6.42 Å². The number of rotatable bonds is 8. The summed E-state index contributed by atoms with van der Waals surface area (Å²) in [6.07, 6.45) is 6.13. The van der Waals surface area contributed by atoms with Crippen LogP contribution in [-0.4, -0.2) is 12.6 Å². The summed E-state index contributed by atoms with van der Waals surface area (Å²) in [6, 6.07) is 7.36. The third-order valence-corrected chi connectivity index (χ3v) is 3.06. The molecule has 96 valence electrons. The minimum Gasteiger partial charge on any atom is -0.314 e. The van der Waals surface area contributed by atoms with Crippen LogP contribution in [0.15, 0.2) is 24.3 Å². The predicted molar refractivity (Wildman–Crippen MR) is 71.7 cm³/mol. The Morgan fingerprint density at radius 2 is 1.88 bits per heavy atom. The Labute approximate surface area is 104 Å². The molecule has 2 heteroatoms. The molecule has 1 rings (SSSR count). The number of unbranched alkanes of at least 4 members (excludes halogenated alkanes) is 2. The Morgan fingerprint density at radius 3 is 2.53 bits per heavy atom. The first kappa shape index (κ1) is 14.2. The summed E-state index contributed by atoms with van der Waals surface area (Å²) in [5, 5.41) is 3.51. The average Bonchev–Trinajstić information content (AvgIpc) is 2.32. The van der Waals surface area contributed by atoms with Crippen molar-refractivity contribution in [3.63, 3.8) is 0 Å². The van der Waals surface area contributed by atoms with Gasteiger partial charge in [-0.1, -0.05) is 38.3 Å². The molecule has 0 saturated heterocycles. The van der Waals surface area contributed by atoms with E-state index >= 15 is 0 Å². The van der Waals surface area contributed by atoms with Gasteiger partial charge in [-0.3, -0.25) is 0 Å². The first-order valence-corrected chi connectivity index (χ1v) is 6.70. The number of hydrogen-bond acceptors (Lipinski definition) is 1. The van der Waals surface area contributed by atoms with Crippen LogP contribution in [0.2, 0.25) is 0 Å². The molecule has 0 spiro atoms. The topological polar surface area (TPSA) is 12.0 Å². The number of halogens is 1. The molecule has 1 unspecified atom stereocenters. The zero-order valence-electron chi connectivity index (χ0n) is 11.0. The first-order chi connectivity index (χ1) is 8.22. The lowest BCUT2D eigenvalue weighted by atomic mass is 10.1. The van der Waals surface area contributed by atoms with Crippen molar-refractivity contribution >= 4 is 0 Å². The summed E-state index contributed by atoms with van der Waals surface area (Å²) in [4.78, 5) is 0. The van der Waals surface area contributed by atoms with Gasteiger partial charge in [-0.05, 0) is 44.0 Å². The molecule has 0 aliphatic rings. The van der Waals surface area contributed by atoms with Crippen LogP contribution in [0.4, 0.5) is 4.39 Å². The summed E-state index contributed by atoms with van der Waals surface area (Å²) >= 11 is 0. The van der Waals surface area contributed by atoms with Crippen molar-refractivity contribution in [2.75, 3.05) is 6.54 Å². The van der Waals surface area contributed by atoms with Crippen LogP contribution in [0.3, 0.4) is 0 Å². The highest BCUT2D eigenvalue weighted by atomic mass is 19.1. The van der Waals surface area contributed by atoms with Gasteiger partial charge < -0.3 is 5.32 Å². The van der Waals surface area contributed by atoms with E-state index in [0.29, 0.717) is 6.04 Å². The number of hydrogen-bond donors (Lipinski definition) is 1. The zero-order chi connectivity index (χ0) is 12.5. The summed E-state index contributed by atoms with van der Waals surface area (Å²) < 4.78 is 12.7. The second-order valence-electron chi connectivity index (χ2n) is 4.73. The second kappa shape index (κ2) is 8.24. The van der Waals surface area contributed by atoms with E-state index in [0.717, 1.165) is 13.0 Å². The highest BCUT2D eigenvalue weighted by molar-refractivity contribution is 5.16. The van der Waals surface area contributed by atoms with Crippen LogP contribution in [0.1, 0.15) is 45.1 Å². The van der Waals surface area contributed by atoms with E-state index < -0.39 is 0 Å². The zero-order valence-corrected chi connectivity index (χ0v) is 11.0. The Morgan fingerprint density at radius 1 is 1.18 bits per heavy atom. The quantitative estimate of drug-likeness (QED) is 0.676. The Balaban J connectivity index is 2.12. The van der Waals surface area contributed by atoms with E-state index in [9.17, 15) is 4.39 Å². The summed E-state index contributed by atoms with van der Waals surface area (Å²) in [5.74, 6) is -0.158. The minimum atomic E-state index is -0.158. The molecule has 1 aromatic rings. The van der Waals surface area contributed by atoms with E-state index in [1.54, 1.807) is 0 Å². The minimum absolute atomic E-state index is 0.158. The molecule has 0 bridgehead atoms. The first-order valence-electron chi connectivity index (χ1n) is 6.70. The lowest BCUT2D eigenvalue weighted by Crippen LogP contribution is -2.27. The van der Waals surface area contributed by atoms with Crippen molar-refractivity contribution in [3.8, 4) is 0 Å². The van der Waals surface area contributed by atoms with Crippen LogP contribution in [0.25, 0.3) is 0 Å². The SMILES string of the molecule is CCCCCC(C)NCCc1ccc(F)cc1. The van der Waals surface area contributed by atoms with Gasteiger partial charge >= 0.3 is 0 Å². The third kappa shape index (κ3) is 6.42. The van der Waals surface area contributed by atoms with Crippen molar-refractivity contribution in [1.29, 1.82) is 0 Å². The fourth-order valence-electron chi connectivity index (χ4n) is 1.92. The lowest BCUT2D eigenvalue weighted by Gasteiger charge is -2.13. The van der Waals surface area contributed by atoms with E-state index in [-0.39, 0.29) is 5.82 Å². The average molecular weight is 237 g/mol. The van der Waals surface area contributed by atoms with Gasteiger partial charge in [0, 0.05) is 6.04 Å². The fraction of sp³-hybridized carbons (Fsp3) is 0.600. The van der Waals surface area contributed by atoms with Gasteiger partial charge in [0.25, 0.3) is 0 Å². The van der Waals surface area contributed by atoms with E-state index in [2.05, 4.69) is 19.2 Å². The van der Waals surface area contributed by atoms with Crippen molar-refractivity contribution in [2.45, 2.75) is 52.0 Å². The maximum absolute atomic E-state index is 12.7. The molecule has 0 heterocycles. The van der Waals surface area contributed by atoms with Crippen molar-refractivity contribution in [3.05, 3.63) is 35.6 Å². The molecule has 1 N–H and O–H groups in total. The standard InChI is InChI=1S/C15H24FN/c1-3-4-5-6-13(2)17-12-11-14-7-9-15(16)10-8-14/h7-10,13,17H,3-6,11-12H2,1-2H3. The van der Waals surface area contributed by atoms with Crippen molar-refractivity contribution in [1.82, 2.24) is 5.32 Å². The molecule has 1 atom stereocenters. The van der Waals surface area contributed by atoms with Crippen molar-refractivity contribution < 1.29 is 4.39 Å². The molecule has 0 aliphatic heterocycles. The van der Waals surface area contributed by atoms with Gasteiger partial charge in [-0.25, -0.2) is 4.39 Å². The monoisotopic (exact) mass is 237 g/mol. The summed E-state index contributed by atoms with van der Waals surface area (Å²) in [7, 11) is 0. The molecule has 0 fully saturated rings. The van der Waals surface area contributed by atoms with Crippen LogP contribution in [0.5, 0.6) is 0 Å². The van der Waals surface area contributed by atoms with Crippen LogP contribution in [0, 0.1) is 5.82 Å². The van der Waals surface area contributed by atoms with Gasteiger partial charge in [0.1, 0.15) is 5.82 Å². The molecule has 0 amide bonds. The Hall–Kier alpha value is -0.890. The third-order valence-electron chi connectivity index (χ3n) is 3.06. The molecule has 0 aliphatic carbocycles.